The van der Waals surface area contributed by atoms with Crippen molar-refractivity contribution in [1.82, 2.24) is 0 Å². The molecule has 158 valence electrons. The number of aliphatic hydroxyl groups excluding tert-OH is 1. The lowest BCUT2D eigenvalue weighted by Gasteiger charge is -2.40. The first kappa shape index (κ1) is 21.8. The van der Waals surface area contributed by atoms with Gasteiger partial charge in [0, 0.05) is 12.1 Å². The second-order valence-corrected chi connectivity index (χ2v) is 7.82. The standard InChI is InChI=1S/C24H22F4O2/c1-14(2)23-22(29)4-3-5-24(23,30)17(6-15-8-18(25)12-19(26)9-15)7-16-10-20(27)13-21(28)11-16/h3-6,8-14,23,29-30H,7H2,1-2H3/b17-6-. The van der Waals surface area contributed by atoms with Gasteiger partial charge in [0.2, 0.25) is 0 Å². The Morgan fingerprint density at radius 2 is 1.50 bits per heavy atom. The fraction of sp³-hybridized carbons (Fsp3) is 0.250. The molecule has 2 aromatic rings. The van der Waals surface area contributed by atoms with E-state index in [0.717, 1.165) is 36.4 Å². The van der Waals surface area contributed by atoms with Crippen molar-refractivity contribution in [2.75, 3.05) is 0 Å². The Balaban J connectivity index is 2.17. The molecule has 2 N–H and O–H groups in total. The van der Waals surface area contributed by atoms with Gasteiger partial charge >= 0.3 is 0 Å². The second-order valence-electron chi connectivity index (χ2n) is 7.82. The lowest BCUT2D eigenvalue weighted by molar-refractivity contribution is 0.0338. The summed E-state index contributed by atoms with van der Waals surface area (Å²) in [7, 11) is 0. The Morgan fingerprint density at radius 1 is 0.967 bits per heavy atom. The van der Waals surface area contributed by atoms with E-state index in [-0.39, 0.29) is 34.8 Å². The summed E-state index contributed by atoms with van der Waals surface area (Å²) in [4.78, 5) is 0. The molecule has 2 unspecified atom stereocenters. The van der Waals surface area contributed by atoms with Crippen LogP contribution in [0.15, 0.2) is 66.0 Å². The summed E-state index contributed by atoms with van der Waals surface area (Å²) in [5.74, 6) is -4.19. The molecule has 0 radical (unpaired) electrons. The summed E-state index contributed by atoms with van der Waals surface area (Å²) >= 11 is 0. The summed E-state index contributed by atoms with van der Waals surface area (Å²) in [6, 6.07) is 5.88. The van der Waals surface area contributed by atoms with Gasteiger partial charge in [0.25, 0.3) is 0 Å². The van der Waals surface area contributed by atoms with Crippen molar-refractivity contribution in [2.24, 2.45) is 11.8 Å². The SMILES string of the molecule is CC(C)C1C(O)=CC=CC1(O)/C(=C\c1cc(F)cc(F)c1)Cc1cc(F)cc(F)c1. The van der Waals surface area contributed by atoms with Crippen molar-refractivity contribution in [2.45, 2.75) is 25.9 Å². The van der Waals surface area contributed by atoms with Crippen LogP contribution < -0.4 is 0 Å². The predicted octanol–water partition coefficient (Wildman–Crippen LogP) is 5.88. The topological polar surface area (TPSA) is 40.5 Å². The summed E-state index contributed by atoms with van der Waals surface area (Å²) in [5, 5.41) is 22.0. The predicted molar refractivity (Wildman–Crippen MR) is 108 cm³/mol. The summed E-state index contributed by atoms with van der Waals surface area (Å²) in [6.07, 6.45) is 5.67. The number of aliphatic hydroxyl groups is 2. The van der Waals surface area contributed by atoms with E-state index in [4.69, 9.17) is 0 Å². The fourth-order valence-electron chi connectivity index (χ4n) is 3.98. The molecule has 0 saturated carbocycles. The van der Waals surface area contributed by atoms with Gasteiger partial charge in [-0.1, -0.05) is 26.0 Å². The van der Waals surface area contributed by atoms with E-state index >= 15 is 0 Å². The number of benzene rings is 2. The summed E-state index contributed by atoms with van der Waals surface area (Å²) in [6.45, 7) is 3.61. The molecular formula is C24H22F4O2. The lowest BCUT2D eigenvalue weighted by Crippen LogP contribution is -2.43. The van der Waals surface area contributed by atoms with Gasteiger partial charge in [-0.2, -0.15) is 0 Å². The van der Waals surface area contributed by atoms with Gasteiger partial charge in [-0.3, -0.25) is 0 Å². The Labute approximate surface area is 172 Å². The molecule has 2 nitrogen and oxygen atoms in total. The zero-order valence-electron chi connectivity index (χ0n) is 16.5. The first-order chi connectivity index (χ1) is 14.1. The number of hydrogen-bond acceptors (Lipinski definition) is 2. The summed E-state index contributed by atoms with van der Waals surface area (Å²) in [5.41, 5.74) is -1.14. The molecule has 0 heterocycles. The third-order valence-corrected chi connectivity index (χ3v) is 5.13. The molecule has 0 fully saturated rings. The molecule has 30 heavy (non-hydrogen) atoms. The first-order valence-electron chi connectivity index (χ1n) is 9.51. The van der Waals surface area contributed by atoms with E-state index in [2.05, 4.69) is 0 Å². The highest BCUT2D eigenvalue weighted by molar-refractivity contribution is 5.59. The minimum Gasteiger partial charge on any atom is -0.512 e. The monoisotopic (exact) mass is 418 g/mol. The van der Waals surface area contributed by atoms with E-state index < -0.39 is 34.8 Å². The molecule has 0 bridgehead atoms. The highest BCUT2D eigenvalue weighted by Gasteiger charge is 2.43. The average Bonchev–Trinajstić information content (AvgIpc) is 2.59. The maximum Gasteiger partial charge on any atom is 0.126 e. The van der Waals surface area contributed by atoms with Crippen molar-refractivity contribution >= 4 is 6.08 Å². The van der Waals surface area contributed by atoms with Crippen LogP contribution in [0.4, 0.5) is 17.6 Å². The van der Waals surface area contributed by atoms with Crippen molar-refractivity contribution in [3.63, 3.8) is 0 Å². The third-order valence-electron chi connectivity index (χ3n) is 5.13. The van der Waals surface area contributed by atoms with Crippen LogP contribution in [0, 0.1) is 35.1 Å². The zero-order valence-corrected chi connectivity index (χ0v) is 16.5. The Kier molecular flexibility index (Phi) is 6.17. The van der Waals surface area contributed by atoms with E-state index in [0.29, 0.717) is 0 Å². The second kappa shape index (κ2) is 8.48. The zero-order chi connectivity index (χ0) is 22.1. The molecule has 6 heteroatoms. The molecule has 0 spiro atoms. The maximum absolute atomic E-state index is 13.7. The van der Waals surface area contributed by atoms with Gasteiger partial charge in [0.1, 0.15) is 28.9 Å². The molecule has 3 rings (SSSR count). The smallest absolute Gasteiger partial charge is 0.126 e. The third kappa shape index (κ3) is 4.65. The Bertz CT molecular complexity index is 999. The molecule has 1 aliphatic carbocycles. The van der Waals surface area contributed by atoms with Crippen LogP contribution in [0.3, 0.4) is 0 Å². The largest absolute Gasteiger partial charge is 0.512 e. The van der Waals surface area contributed by atoms with Crippen molar-refractivity contribution < 1.29 is 27.8 Å². The van der Waals surface area contributed by atoms with Crippen LogP contribution in [0.2, 0.25) is 0 Å². The lowest BCUT2D eigenvalue weighted by atomic mass is 9.70. The number of hydrogen-bond donors (Lipinski definition) is 2. The maximum atomic E-state index is 13.7. The minimum atomic E-state index is -1.74. The fourth-order valence-corrected chi connectivity index (χ4v) is 3.98. The van der Waals surface area contributed by atoms with Crippen LogP contribution in [-0.2, 0) is 6.42 Å². The molecule has 2 atom stereocenters. The highest BCUT2D eigenvalue weighted by atomic mass is 19.1. The van der Waals surface area contributed by atoms with E-state index in [1.807, 2.05) is 0 Å². The van der Waals surface area contributed by atoms with Gasteiger partial charge < -0.3 is 10.2 Å². The van der Waals surface area contributed by atoms with Crippen molar-refractivity contribution in [1.29, 1.82) is 0 Å². The average molecular weight is 418 g/mol. The van der Waals surface area contributed by atoms with Crippen LogP contribution >= 0.6 is 0 Å². The molecule has 2 aromatic carbocycles. The number of halogens is 4. The van der Waals surface area contributed by atoms with Crippen LogP contribution in [0.1, 0.15) is 25.0 Å². The van der Waals surface area contributed by atoms with Gasteiger partial charge in [0.15, 0.2) is 0 Å². The van der Waals surface area contributed by atoms with Crippen molar-refractivity contribution in [3.05, 3.63) is 100 Å². The minimum absolute atomic E-state index is 0.0586. The van der Waals surface area contributed by atoms with E-state index in [1.54, 1.807) is 13.8 Å². The molecule has 0 aromatic heterocycles. The molecule has 1 aliphatic rings. The molecule has 0 saturated heterocycles. The van der Waals surface area contributed by atoms with Crippen LogP contribution in [-0.4, -0.2) is 15.8 Å². The number of rotatable bonds is 5. The molecular weight excluding hydrogens is 396 g/mol. The first-order valence-corrected chi connectivity index (χ1v) is 9.51. The molecule has 0 aliphatic heterocycles. The van der Waals surface area contributed by atoms with Gasteiger partial charge in [0.05, 0.1) is 11.7 Å². The highest BCUT2D eigenvalue weighted by Crippen LogP contribution is 2.41. The van der Waals surface area contributed by atoms with Crippen LogP contribution in [0.5, 0.6) is 0 Å². The van der Waals surface area contributed by atoms with E-state index in [1.165, 1.54) is 24.3 Å². The van der Waals surface area contributed by atoms with Gasteiger partial charge in [-0.05, 0) is 65.5 Å². The summed E-state index contributed by atoms with van der Waals surface area (Å²) < 4.78 is 54.9. The Morgan fingerprint density at radius 3 is 2.03 bits per heavy atom. The van der Waals surface area contributed by atoms with Gasteiger partial charge in [-0.25, -0.2) is 17.6 Å². The van der Waals surface area contributed by atoms with Crippen molar-refractivity contribution in [3.8, 4) is 0 Å². The quantitative estimate of drug-likeness (QED) is 0.595. The number of allylic oxidation sites excluding steroid dienone is 2. The van der Waals surface area contributed by atoms with Crippen LogP contribution in [0.25, 0.3) is 6.08 Å². The van der Waals surface area contributed by atoms with E-state index in [9.17, 15) is 27.8 Å². The normalized spacial score (nSPS) is 21.8. The molecule has 0 amide bonds. The Hall–Kier alpha value is -2.86. The van der Waals surface area contributed by atoms with Gasteiger partial charge in [-0.15, -0.1) is 0 Å².